The molecule has 1 saturated heterocycles. The lowest BCUT2D eigenvalue weighted by Gasteiger charge is -2.29. The van der Waals surface area contributed by atoms with Crippen molar-refractivity contribution >= 4 is 28.3 Å². The Morgan fingerprint density at radius 2 is 1.97 bits per heavy atom. The van der Waals surface area contributed by atoms with Gasteiger partial charge in [-0.25, -0.2) is 0 Å². The Bertz CT molecular complexity index is 1020. The number of carbonyl (C=O) groups is 1. The second kappa shape index (κ2) is 11.6. The maximum atomic E-state index is 13.1. The molecule has 0 bridgehead atoms. The van der Waals surface area contributed by atoms with Crippen LogP contribution in [-0.2, 0) is 0 Å². The molecule has 1 fully saturated rings. The minimum atomic E-state index is -0.112. The van der Waals surface area contributed by atoms with E-state index in [2.05, 4.69) is 67.6 Å². The first kappa shape index (κ1) is 25.1. The second-order valence-electron chi connectivity index (χ2n) is 9.23. The average Bonchev–Trinajstić information content (AvgIpc) is 2.76. The molecule has 1 aliphatic rings. The number of hydrogen-bond acceptors (Lipinski definition) is 4. The van der Waals surface area contributed by atoms with E-state index in [1.807, 2.05) is 38.1 Å². The van der Waals surface area contributed by atoms with Gasteiger partial charge in [-0.1, -0.05) is 62.5 Å². The van der Waals surface area contributed by atoms with E-state index in [0.29, 0.717) is 17.5 Å². The van der Waals surface area contributed by atoms with Gasteiger partial charge in [0.15, 0.2) is 0 Å². The van der Waals surface area contributed by atoms with Crippen molar-refractivity contribution < 1.29 is 4.79 Å². The Kier molecular flexibility index (Phi) is 8.81. The molecule has 2 aromatic carbocycles. The lowest BCUT2D eigenvalue weighted by molar-refractivity contribution is 0.0939. The van der Waals surface area contributed by atoms with Crippen LogP contribution in [0.4, 0.5) is 5.69 Å². The first-order valence-corrected chi connectivity index (χ1v) is 12.6. The van der Waals surface area contributed by atoms with E-state index >= 15 is 0 Å². The van der Waals surface area contributed by atoms with Crippen molar-refractivity contribution in [3.05, 3.63) is 82.3 Å². The molecule has 0 radical (unpaired) electrons. The number of hydrogen-bond donors (Lipinski definition) is 3. The predicted octanol–water partition coefficient (Wildman–Crippen LogP) is 6.52. The van der Waals surface area contributed by atoms with Crippen LogP contribution in [0.2, 0.25) is 0 Å². The molecule has 2 aromatic rings. The molecule has 1 aliphatic heterocycles. The van der Waals surface area contributed by atoms with Crippen LogP contribution in [0.5, 0.6) is 0 Å². The fraction of sp³-hybridized carbons (Fsp3) is 0.393. The Morgan fingerprint density at radius 1 is 1.21 bits per heavy atom. The predicted molar refractivity (Wildman–Crippen MR) is 144 cm³/mol. The lowest BCUT2D eigenvalue weighted by Crippen LogP contribution is -2.51. The van der Waals surface area contributed by atoms with Crippen molar-refractivity contribution in [3.63, 3.8) is 0 Å². The summed E-state index contributed by atoms with van der Waals surface area (Å²) in [5, 5.41) is 9.91. The molecule has 5 heteroatoms. The van der Waals surface area contributed by atoms with Crippen LogP contribution in [0, 0.1) is 12.8 Å². The van der Waals surface area contributed by atoms with Crippen LogP contribution in [-0.4, -0.2) is 25.0 Å². The summed E-state index contributed by atoms with van der Waals surface area (Å²) in [7, 11) is 0. The number of allylic oxidation sites excluding steroid dienone is 2. The highest BCUT2D eigenvalue weighted by atomic mass is 32.2. The van der Waals surface area contributed by atoms with E-state index in [9.17, 15) is 4.79 Å². The summed E-state index contributed by atoms with van der Waals surface area (Å²) in [6.07, 6.45) is 3.23. The quantitative estimate of drug-likeness (QED) is 0.375. The fourth-order valence-corrected chi connectivity index (χ4v) is 4.86. The summed E-state index contributed by atoms with van der Waals surface area (Å²) in [6, 6.07) is 14.6. The summed E-state index contributed by atoms with van der Waals surface area (Å²) >= 11 is 1.74. The first-order valence-electron chi connectivity index (χ1n) is 11.8. The highest BCUT2D eigenvalue weighted by Gasteiger charge is 2.18. The van der Waals surface area contributed by atoms with Crippen LogP contribution in [0.3, 0.4) is 0 Å². The molecule has 0 aliphatic carbocycles. The zero-order valence-corrected chi connectivity index (χ0v) is 21.3. The van der Waals surface area contributed by atoms with Crippen molar-refractivity contribution in [2.75, 3.05) is 18.4 Å². The third-order valence-electron chi connectivity index (χ3n) is 5.88. The van der Waals surface area contributed by atoms with Crippen molar-refractivity contribution in [1.82, 2.24) is 10.6 Å². The summed E-state index contributed by atoms with van der Waals surface area (Å²) < 4.78 is 0. The molecule has 4 nitrogen and oxygen atoms in total. The van der Waals surface area contributed by atoms with Crippen LogP contribution in [0.25, 0.3) is 4.91 Å². The molecule has 1 unspecified atom stereocenters. The minimum absolute atomic E-state index is 0.0536. The van der Waals surface area contributed by atoms with Gasteiger partial charge >= 0.3 is 0 Å². The summed E-state index contributed by atoms with van der Waals surface area (Å²) in [5.74, 6) is 0.558. The first-order chi connectivity index (χ1) is 15.8. The summed E-state index contributed by atoms with van der Waals surface area (Å²) in [6.45, 7) is 16.8. The van der Waals surface area contributed by atoms with Crippen LogP contribution in [0.15, 0.2) is 60.0 Å². The fourth-order valence-electron chi connectivity index (χ4n) is 3.76. The van der Waals surface area contributed by atoms with Gasteiger partial charge in [0.1, 0.15) is 0 Å². The van der Waals surface area contributed by atoms with E-state index in [1.54, 1.807) is 11.8 Å². The Labute approximate surface area is 203 Å². The maximum absolute atomic E-state index is 13.1. The van der Waals surface area contributed by atoms with Gasteiger partial charge in [-0.15, -0.1) is 0 Å². The molecule has 1 amide bonds. The highest BCUT2D eigenvalue weighted by molar-refractivity contribution is 8.11. The molecular weight excluding hydrogens is 426 g/mol. The van der Waals surface area contributed by atoms with Gasteiger partial charge in [0.05, 0.1) is 12.1 Å². The van der Waals surface area contributed by atoms with Crippen LogP contribution < -0.4 is 16.0 Å². The number of aryl methyl sites for hydroxylation is 1. The number of carbonyl (C=O) groups excluding carboxylic acids is 1. The van der Waals surface area contributed by atoms with Gasteiger partial charge in [0, 0.05) is 29.2 Å². The zero-order chi connectivity index (χ0) is 24.0. The zero-order valence-electron chi connectivity index (χ0n) is 20.5. The number of nitrogens with one attached hydrogen (secondary N) is 3. The Hall–Kier alpha value is -2.50. The lowest BCUT2D eigenvalue weighted by atomic mass is 10.0. The van der Waals surface area contributed by atoms with Gasteiger partial charge in [-0.3, -0.25) is 4.79 Å². The Morgan fingerprint density at radius 3 is 2.61 bits per heavy atom. The standard InChI is InChI=1S/C28H37N3OS/c1-7-26(13-18(2)3)33-21(6)23-10-8-9-22(14-23)20(5)30-28(32)27-15-24(12-11-19(27)4)31-25-16-29-17-25/h7-12,14-15,18,20,25,29,31H,6,13,16-17H2,1-5H3,(H,30,32)/b26-7-. The van der Waals surface area contributed by atoms with E-state index in [0.717, 1.165) is 46.8 Å². The topological polar surface area (TPSA) is 53.2 Å². The molecule has 0 spiro atoms. The van der Waals surface area contributed by atoms with Gasteiger partial charge in [0.2, 0.25) is 0 Å². The molecule has 1 heterocycles. The number of anilines is 1. The van der Waals surface area contributed by atoms with E-state index < -0.39 is 0 Å². The van der Waals surface area contributed by atoms with Crippen LogP contribution >= 0.6 is 11.8 Å². The third kappa shape index (κ3) is 6.99. The van der Waals surface area contributed by atoms with Crippen molar-refractivity contribution in [3.8, 4) is 0 Å². The summed E-state index contributed by atoms with van der Waals surface area (Å²) in [4.78, 5) is 15.5. The van der Waals surface area contributed by atoms with Crippen molar-refractivity contribution in [1.29, 1.82) is 0 Å². The van der Waals surface area contributed by atoms with Gasteiger partial charge < -0.3 is 16.0 Å². The smallest absolute Gasteiger partial charge is 0.252 e. The highest BCUT2D eigenvalue weighted by Crippen LogP contribution is 2.36. The molecule has 0 aromatic heterocycles. The maximum Gasteiger partial charge on any atom is 0.252 e. The normalized spacial score (nSPS) is 15.2. The van der Waals surface area contributed by atoms with Crippen molar-refractivity contribution in [2.24, 2.45) is 5.92 Å². The molecule has 1 atom stereocenters. The van der Waals surface area contributed by atoms with Gasteiger partial charge in [-0.05, 0) is 72.9 Å². The molecule has 3 rings (SSSR count). The number of amides is 1. The van der Waals surface area contributed by atoms with Crippen molar-refractivity contribution in [2.45, 2.75) is 53.1 Å². The van der Waals surface area contributed by atoms with E-state index in [1.165, 1.54) is 4.91 Å². The number of thioether (sulfide) groups is 1. The monoisotopic (exact) mass is 463 g/mol. The third-order valence-corrected chi connectivity index (χ3v) is 7.02. The summed E-state index contributed by atoms with van der Waals surface area (Å²) in [5.41, 5.74) is 4.83. The van der Waals surface area contributed by atoms with Gasteiger partial charge in [0.25, 0.3) is 5.91 Å². The largest absolute Gasteiger partial charge is 0.380 e. The van der Waals surface area contributed by atoms with E-state index in [4.69, 9.17) is 0 Å². The van der Waals surface area contributed by atoms with Crippen LogP contribution in [0.1, 0.15) is 67.2 Å². The van der Waals surface area contributed by atoms with E-state index in [-0.39, 0.29) is 11.9 Å². The average molecular weight is 464 g/mol. The molecule has 33 heavy (non-hydrogen) atoms. The molecular formula is C28H37N3OS. The Balaban J connectivity index is 1.68. The molecule has 176 valence electrons. The molecule has 3 N–H and O–H groups in total. The number of benzene rings is 2. The molecule has 0 saturated carbocycles. The second-order valence-corrected chi connectivity index (χ2v) is 10.4. The number of rotatable bonds is 10. The van der Waals surface area contributed by atoms with Gasteiger partial charge in [-0.2, -0.15) is 0 Å². The SMILES string of the molecule is C=C(S/C(=C\C)CC(C)C)c1cccc(C(C)NC(=O)c2cc(NC3CNC3)ccc2C)c1. The minimum Gasteiger partial charge on any atom is -0.380 e.